The highest BCUT2D eigenvalue weighted by molar-refractivity contribution is 7.16. The topological polar surface area (TPSA) is 32.3 Å². The molecule has 0 radical (unpaired) electrons. The number of aromatic nitrogens is 2. The molecule has 112 valence electrons. The van der Waals surface area contributed by atoms with E-state index in [4.69, 9.17) is 11.6 Å². The van der Waals surface area contributed by atoms with Gasteiger partial charge in [-0.25, -0.2) is 9.97 Å². The third kappa shape index (κ3) is 2.80. The van der Waals surface area contributed by atoms with Crippen molar-refractivity contribution < 1.29 is 0 Å². The molecule has 1 unspecified atom stereocenters. The number of hydrogen-bond donors (Lipinski definition) is 0. The van der Waals surface area contributed by atoms with Crippen LogP contribution in [-0.2, 0) is 6.54 Å². The second-order valence-corrected chi connectivity index (χ2v) is 7.24. The molecule has 0 N–H and O–H groups in total. The lowest BCUT2D eigenvalue weighted by Gasteiger charge is -2.43. The first-order valence-corrected chi connectivity index (χ1v) is 8.91. The first-order valence-electron chi connectivity index (χ1n) is 7.65. The molecule has 0 amide bonds. The normalized spacial score (nSPS) is 24.3. The summed E-state index contributed by atoms with van der Waals surface area (Å²) in [5, 5.41) is 3.59. The molecule has 2 aliphatic heterocycles. The predicted molar refractivity (Wildman–Crippen MR) is 86.9 cm³/mol. The van der Waals surface area contributed by atoms with Crippen molar-refractivity contribution in [3.8, 4) is 0 Å². The summed E-state index contributed by atoms with van der Waals surface area (Å²) in [5.41, 5.74) is 0. The molecule has 0 bridgehead atoms. The number of rotatable bonds is 2. The maximum atomic E-state index is 6.26. The van der Waals surface area contributed by atoms with Crippen LogP contribution in [0.15, 0.2) is 11.4 Å². The summed E-state index contributed by atoms with van der Waals surface area (Å²) in [7, 11) is 0. The van der Waals surface area contributed by atoms with Crippen LogP contribution in [0.3, 0.4) is 0 Å². The molecule has 0 aliphatic carbocycles. The van der Waals surface area contributed by atoms with E-state index in [2.05, 4.69) is 19.8 Å². The van der Waals surface area contributed by atoms with Crippen LogP contribution in [0.4, 0.5) is 0 Å². The van der Waals surface area contributed by atoms with E-state index in [1.807, 2.05) is 11.4 Å². The number of nitrogens with zero attached hydrogens (tertiary/aromatic N) is 4. The monoisotopic (exact) mass is 322 g/mol. The number of fused-ring (bicyclic) bond motifs is 2. The molecule has 2 aromatic heterocycles. The molecule has 6 heteroatoms. The van der Waals surface area contributed by atoms with Gasteiger partial charge in [-0.05, 0) is 30.8 Å². The molecule has 2 fully saturated rings. The molecule has 0 spiro atoms. The highest BCUT2D eigenvalue weighted by atomic mass is 35.5. The molecule has 4 rings (SSSR count). The molecule has 2 saturated heterocycles. The maximum absolute atomic E-state index is 6.26. The first kappa shape index (κ1) is 13.9. The van der Waals surface area contributed by atoms with Crippen LogP contribution in [0.25, 0.3) is 10.2 Å². The van der Waals surface area contributed by atoms with Gasteiger partial charge < -0.3 is 0 Å². The van der Waals surface area contributed by atoms with E-state index in [0.717, 1.165) is 41.7 Å². The average molecular weight is 323 g/mol. The largest absolute Gasteiger partial charge is 0.298 e. The summed E-state index contributed by atoms with van der Waals surface area (Å²) in [6.07, 6.45) is 4.07. The van der Waals surface area contributed by atoms with Gasteiger partial charge in [-0.15, -0.1) is 11.3 Å². The third-order valence-corrected chi connectivity index (χ3v) is 5.71. The number of thiophene rings is 1. The molecule has 4 nitrogen and oxygen atoms in total. The van der Waals surface area contributed by atoms with Gasteiger partial charge in [0.1, 0.15) is 15.8 Å². The lowest BCUT2D eigenvalue weighted by atomic mass is 9.99. The van der Waals surface area contributed by atoms with E-state index in [1.165, 1.54) is 32.4 Å². The van der Waals surface area contributed by atoms with Gasteiger partial charge in [-0.3, -0.25) is 9.80 Å². The van der Waals surface area contributed by atoms with Gasteiger partial charge in [-0.1, -0.05) is 18.0 Å². The summed E-state index contributed by atoms with van der Waals surface area (Å²) >= 11 is 7.89. The molecule has 21 heavy (non-hydrogen) atoms. The minimum absolute atomic E-state index is 0.590. The van der Waals surface area contributed by atoms with Crippen molar-refractivity contribution >= 4 is 33.2 Å². The molecule has 0 saturated carbocycles. The number of halogens is 1. The Labute approximate surface area is 133 Å². The van der Waals surface area contributed by atoms with Crippen molar-refractivity contribution in [2.24, 2.45) is 0 Å². The number of piperidine rings is 1. The summed E-state index contributed by atoms with van der Waals surface area (Å²) in [5.74, 6) is 0.860. The van der Waals surface area contributed by atoms with Crippen molar-refractivity contribution in [1.82, 2.24) is 19.8 Å². The summed E-state index contributed by atoms with van der Waals surface area (Å²) in [6, 6.07) is 2.72. The van der Waals surface area contributed by atoms with Crippen LogP contribution in [0.1, 0.15) is 25.1 Å². The molecule has 1 atom stereocenters. The van der Waals surface area contributed by atoms with Gasteiger partial charge >= 0.3 is 0 Å². The summed E-state index contributed by atoms with van der Waals surface area (Å²) in [6.45, 7) is 5.53. The van der Waals surface area contributed by atoms with Crippen LogP contribution in [0.5, 0.6) is 0 Å². The zero-order valence-corrected chi connectivity index (χ0v) is 13.5. The van der Waals surface area contributed by atoms with Gasteiger partial charge in [0.25, 0.3) is 0 Å². The van der Waals surface area contributed by atoms with Crippen LogP contribution in [0, 0.1) is 0 Å². The van der Waals surface area contributed by atoms with E-state index in [0.29, 0.717) is 5.15 Å². The Bertz CT molecular complexity index is 644. The zero-order valence-electron chi connectivity index (χ0n) is 12.0. The van der Waals surface area contributed by atoms with Gasteiger partial charge in [0.15, 0.2) is 0 Å². The minimum Gasteiger partial charge on any atom is -0.298 e. The Morgan fingerprint density at radius 1 is 1.24 bits per heavy atom. The fraction of sp³-hybridized carbons (Fsp3) is 0.600. The molecule has 2 aromatic rings. The van der Waals surface area contributed by atoms with E-state index < -0.39 is 0 Å². The van der Waals surface area contributed by atoms with Gasteiger partial charge in [-0.2, -0.15) is 0 Å². The van der Waals surface area contributed by atoms with Crippen LogP contribution in [-0.4, -0.2) is 52.0 Å². The van der Waals surface area contributed by atoms with Crippen molar-refractivity contribution in [1.29, 1.82) is 0 Å². The summed E-state index contributed by atoms with van der Waals surface area (Å²) in [4.78, 5) is 15.3. The van der Waals surface area contributed by atoms with Crippen molar-refractivity contribution in [2.75, 3.05) is 26.2 Å². The second-order valence-electron chi connectivity index (χ2n) is 5.99. The molecule has 0 aromatic carbocycles. The van der Waals surface area contributed by atoms with E-state index in [1.54, 1.807) is 11.3 Å². The Morgan fingerprint density at radius 3 is 3.14 bits per heavy atom. The van der Waals surface area contributed by atoms with E-state index >= 15 is 0 Å². The fourth-order valence-electron chi connectivity index (χ4n) is 3.50. The quantitative estimate of drug-likeness (QED) is 0.796. The summed E-state index contributed by atoms with van der Waals surface area (Å²) < 4.78 is 0. The second kappa shape index (κ2) is 5.80. The maximum Gasteiger partial charge on any atom is 0.145 e. The molecular formula is C15H19ClN4S. The molecule has 4 heterocycles. The van der Waals surface area contributed by atoms with Gasteiger partial charge in [0, 0.05) is 31.1 Å². The molecule has 2 aliphatic rings. The fourth-order valence-corrected chi connectivity index (χ4v) is 4.58. The van der Waals surface area contributed by atoms with Crippen LogP contribution in [0.2, 0.25) is 5.15 Å². The smallest absolute Gasteiger partial charge is 0.145 e. The van der Waals surface area contributed by atoms with Crippen LogP contribution >= 0.6 is 22.9 Å². The Balaban J connectivity index is 1.49. The Kier molecular flexibility index (Phi) is 3.83. The van der Waals surface area contributed by atoms with E-state index in [9.17, 15) is 0 Å². The zero-order chi connectivity index (χ0) is 14.2. The van der Waals surface area contributed by atoms with E-state index in [-0.39, 0.29) is 0 Å². The Morgan fingerprint density at radius 2 is 2.19 bits per heavy atom. The standard InChI is InChI=1S/C15H19ClN4S/c16-14-12-4-8-21-15(12)18-13(17-14)10-19-6-7-20-5-2-1-3-11(20)9-19/h4,8,11H,1-3,5-7,9-10H2. The lowest BCUT2D eigenvalue weighted by Crippen LogP contribution is -2.54. The SMILES string of the molecule is Clc1nc(CN2CCN3CCCCC3C2)nc2sccc12. The first-order chi connectivity index (χ1) is 10.3. The van der Waals surface area contributed by atoms with Crippen LogP contribution < -0.4 is 0 Å². The van der Waals surface area contributed by atoms with Gasteiger partial charge in [0.05, 0.1) is 6.54 Å². The highest BCUT2D eigenvalue weighted by Gasteiger charge is 2.29. The minimum atomic E-state index is 0.590. The van der Waals surface area contributed by atoms with Gasteiger partial charge in [0.2, 0.25) is 0 Å². The number of hydrogen-bond acceptors (Lipinski definition) is 5. The van der Waals surface area contributed by atoms with Crippen molar-refractivity contribution in [3.63, 3.8) is 0 Å². The third-order valence-electron chi connectivity index (χ3n) is 4.61. The van der Waals surface area contributed by atoms with Crippen molar-refractivity contribution in [2.45, 2.75) is 31.8 Å². The Hall–Kier alpha value is -0.750. The lowest BCUT2D eigenvalue weighted by molar-refractivity contribution is 0.0445. The number of piperazine rings is 1. The average Bonchev–Trinajstić information content (AvgIpc) is 2.96. The molecular weight excluding hydrogens is 304 g/mol. The predicted octanol–water partition coefficient (Wildman–Crippen LogP) is 3.01. The highest BCUT2D eigenvalue weighted by Crippen LogP contribution is 2.26. The van der Waals surface area contributed by atoms with Crippen molar-refractivity contribution in [3.05, 3.63) is 22.4 Å².